The Morgan fingerprint density at radius 3 is 2.37 bits per heavy atom. The summed E-state index contributed by atoms with van der Waals surface area (Å²) in [5.41, 5.74) is 1.65. The van der Waals surface area contributed by atoms with E-state index >= 15 is 0 Å². The van der Waals surface area contributed by atoms with Gasteiger partial charge in [0.2, 0.25) is 0 Å². The molecule has 0 amide bonds. The highest BCUT2D eigenvalue weighted by molar-refractivity contribution is 5.49. The predicted octanol–water partition coefficient (Wildman–Crippen LogP) is 1.74. The minimum Gasteiger partial charge on any atom is -0.390 e. The van der Waals surface area contributed by atoms with Crippen molar-refractivity contribution in [1.82, 2.24) is 5.32 Å². The third-order valence-corrected chi connectivity index (χ3v) is 2.79. The molecule has 0 fully saturated rings. The number of hydrogen-bond acceptors (Lipinski definition) is 4. The van der Waals surface area contributed by atoms with Gasteiger partial charge in [0.1, 0.15) is 0 Å². The largest absolute Gasteiger partial charge is 0.390 e. The van der Waals surface area contributed by atoms with Crippen LogP contribution in [0.3, 0.4) is 0 Å². The topological polar surface area (TPSA) is 59.3 Å². The molecular formula is C15H23N3O. The summed E-state index contributed by atoms with van der Waals surface area (Å²) in [7, 11) is 1.93. The average molecular weight is 261 g/mol. The second kappa shape index (κ2) is 6.55. The van der Waals surface area contributed by atoms with Gasteiger partial charge in [0.25, 0.3) is 0 Å². The molecule has 0 saturated heterocycles. The molecule has 0 aliphatic rings. The molecule has 1 aromatic carbocycles. The first-order chi connectivity index (χ1) is 8.81. The van der Waals surface area contributed by atoms with Gasteiger partial charge in [-0.15, -0.1) is 0 Å². The summed E-state index contributed by atoms with van der Waals surface area (Å²) < 4.78 is 0. The van der Waals surface area contributed by atoms with Crippen molar-refractivity contribution >= 4 is 5.69 Å². The van der Waals surface area contributed by atoms with Crippen molar-refractivity contribution in [2.45, 2.75) is 32.4 Å². The Morgan fingerprint density at radius 2 is 1.89 bits per heavy atom. The molecule has 2 N–H and O–H groups in total. The molecular weight excluding hydrogens is 238 g/mol. The van der Waals surface area contributed by atoms with Crippen LogP contribution in [0.1, 0.15) is 26.3 Å². The van der Waals surface area contributed by atoms with Gasteiger partial charge in [-0.2, -0.15) is 5.26 Å². The lowest BCUT2D eigenvalue weighted by atomic mass is 10.1. The van der Waals surface area contributed by atoms with Crippen LogP contribution in [0.15, 0.2) is 24.3 Å². The molecule has 0 spiro atoms. The lowest BCUT2D eigenvalue weighted by Gasteiger charge is -2.26. The summed E-state index contributed by atoms with van der Waals surface area (Å²) in [5, 5.41) is 22.0. The Morgan fingerprint density at radius 1 is 1.32 bits per heavy atom. The molecule has 0 aliphatic heterocycles. The lowest BCUT2D eigenvalue weighted by Crippen LogP contribution is -2.44. The number of rotatable bonds is 5. The van der Waals surface area contributed by atoms with Crippen molar-refractivity contribution < 1.29 is 5.11 Å². The summed E-state index contributed by atoms with van der Waals surface area (Å²) in [6.45, 7) is 7.33. The Bertz CT molecular complexity index is 428. The summed E-state index contributed by atoms with van der Waals surface area (Å²) in [6, 6.07) is 9.44. The summed E-state index contributed by atoms with van der Waals surface area (Å²) in [4.78, 5) is 1.98. The van der Waals surface area contributed by atoms with E-state index in [4.69, 9.17) is 5.26 Å². The van der Waals surface area contributed by atoms with Gasteiger partial charge in [-0.25, -0.2) is 0 Å². The molecule has 104 valence electrons. The fourth-order valence-corrected chi connectivity index (χ4v) is 1.70. The number of likely N-dealkylation sites (N-methyl/N-ethyl adjacent to an activating group) is 1. The number of β-amino-alcohol motifs (C(OH)–C–C–N with tert-alkyl or cyclic N) is 1. The maximum Gasteiger partial charge on any atom is 0.0991 e. The zero-order valence-electron chi connectivity index (χ0n) is 12.1. The minimum absolute atomic E-state index is 0.00793. The molecule has 0 aromatic heterocycles. The van der Waals surface area contributed by atoms with Crippen LogP contribution in [0.2, 0.25) is 0 Å². The summed E-state index contributed by atoms with van der Waals surface area (Å²) in [6.07, 6.45) is -0.431. The van der Waals surface area contributed by atoms with E-state index in [0.29, 0.717) is 18.7 Å². The third kappa shape index (κ3) is 5.73. The van der Waals surface area contributed by atoms with E-state index in [0.717, 1.165) is 5.69 Å². The first kappa shape index (κ1) is 15.5. The number of hydrogen-bond donors (Lipinski definition) is 2. The van der Waals surface area contributed by atoms with Crippen LogP contribution in [0, 0.1) is 11.3 Å². The monoisotopic (exact) mass is 261 g/mol. The smallest absolute Gasteiger partial charge is 0.0991 e. The Balaban J connectivity index is 2.49. The Labute approximate surface area is 115 Å². The number of nitrogens with zero attached hydrogens (tertiary/aromatic N) is 2. The third-order valence-electron chi connectivity index (χ3n) is 2.79. The zero-order chi connectivity index (χ0) is 14.5. The first-order valence-corrected chi connectivity index (χ1v) is 6.46. The molecule has 1 atom stereocenters. The molecule has 0 radical (unpaired) electrons. The zero-order valence-corrected chi connectivity index (χ0v) is 12.1. The van der Waals surface area contributed by atoms with Crippen molar-refractivity contribution in [3.05, 3.63) is 29.8 Å². The van der Waals surface area contributed by atoms with E-state index in [1.807, 2.05) is 24.1 Å². The van der Waals surface area contributed by atoms with Gasteiger partial charge in [0.05, 0.1) is 17.7 Å². The average Bonchev–Trinajstić information content (AvgIpc) is 2.35. The number of nitrogens with one attached hydrogen (secondary N) is 1. The molecule has 0 heterocycles. The number of nitriles is 1. The van der Waals surface area contributed by atoms with Crippen LogP contribution in [0.25, 0.3) is 0 Å². The van der Waals surface area contributed by atoms with Gasteiger partial charge in [-0.3, -0.25) is 0 Å². The van der Waals surface area contributed by atoms with Crippen molar-refractivity contribution in [3.63, 3.8) is 0 Å². The molecule has 4 nitrogen and oxygen atoms in total. The fourth-order valence-electron chi connectivity index (χ4n) is 1.70. The second-order valence-corrected chi connectivity index (χ2v) is 5.82. The summed E-state index contributed by atoms with van der Waals surface area (Å²) in [5.74, 6) is 0. The van der Waals surface area contributed by atoms with Gasteiger partial charge in [0.15, 0.2) is 0 Å². The van der Waals surface area contributed by atoms with Crippen LogP contribution in [-0.4, -0.2) is 36.9 Å². The van der Waals surface area contributed by atoms with Gasteiger partial charge in [0, 0.05) is 31.4 Å². The molecule has 1 unspecified atom stereocenters. The number of benzene rings is 1. The van der Waals surface area contributed by atoms with Gasteiger partial charge in [-0.05, 0) is 45.0 Å². The number of aliphatic hydroxyl groups is 1. The fraction of sp³-hybridized carbons (Fsp3) is 0.533. The van der Waals surface area contributed by atoms with Crippen molar-refractivity contribution in [1.29, 1.82) is 5.26 Å². The highest BCUT2D eigenvalue weighted by atomic mass is 16.3. The van der Waals surface area contributed by atoms with Crippen molar-refractivity contribution in [3.8, 4) is 6.07 Å². The molecule has 19 heavy (non-hydrogen) atoms. The number of aliphatic hydroxyl groups excluding tert-OH is 1. The minimum atomic E-state index is -0.431. The quantitative estimate of drug-likeness (QED) is 0.847. The van der Waals surface area contributed by atoms with Crippen LogP contribution in [-0.2, 0) is 0 Å². The van der Waals surface area contributed by atoms with E-state index in [1.54, 1.807) is 12.1 Å². The molecule has 0 bridgehead atoms. The lowest BCUT2D eigenvalue weighted by molar-refractivity contribution is 0.167. The SMILES string of the molecule is CN(CC(O)CNC(C)(C)C)c1ccc(C#N)cc1. The van der Waals surface area contributed by atoms with Crippen LogP contribution < -0.4 is 10.2 Å². The van der Waals surface area contributed by atoms with E-state index < -0.39 is 6.10 Å². The maximum atomic E-state index is 9.99. The van der Waals surface area contributed by atoms with Gasteiger partial charge in [-0.1, -0.05) is 0 Å². The number of anilines is 1. The van der Waals surface area contributed by atoms with E-state index in [-0.39, 0.29) is 5.54 Å². The van der Waals surface area contributed by atoms with Gasteiger partial charge < -0.3 is 15.3 Å². The molecule has 1 rings (SSSR count). The Kier molecular flexibility index (Phi) is 5.34. The van der Waals surface area contributed by atoms with Crippen LogP contribution in [0.4, 0.5) is 5.69 Å². The highest BCUT2D eigenvalue weighted by Crippen LogP contribution is 2.13. The van der Waals surface area contributed by atoms with Crippen molar-refractivity contribution in [2.24, 2.45) is 0 Å². The van der Waals surface area contributed by atoms with Crippen LogP contribution in [0.5, 0.6) is 0 Å². The highest BCUT2D eigenvalue weighted by Gasteiger charge is 2.13. The molecule has 1 aromatic rings. The standard InChI is InChI=1S/C15H23N3O/c1-15(2,3)17-10-14(19)11-18(4)13-7-5-12(9-16)6-8-13/h5-8,14,17,19H,10-11H2,1-4H3. The van der Waals surface area contributed by atoms with E-state index in [9.17, 15) is 5.11 Å². The van der Waals surface area contributed by atoms with Gasteiger partial charge >= 0.3 is 0 Å². The normalized spacial score (nSPS) is 12.8. The van der Waals surface area contributed by atoms with E-state index in [1.165, 1.54) is 0 Å². The second-order valence-electron chi connectivity index (χ2n) is 5.82. The molecule has 0 saturated carbocycles. The predicted molar refractivity (Wildman–Crippen MR) is 78.2 cm³/mol. The Hall–Kier alpha value is -1.57. The maximum absolute atomic E-state index is 9.99. The molecule has 4 heteroatoms. The first-order valence-electron chi connectivity index (χ1n) is 6.46. The molecule has 0 aliphatic carbocycles. The van der Waals surface area contributed by atoms with Crippen molar-refractivity contribution in [2.75, 3.05) is 25.0 Å². The van der Waals surface area contributed by atoms with E-state index in [2.05, 4.69) is 32.2 Å². The summed E-state index contributed by atoms with van der Waals surface area (Å²) >= 11 is 0. The van der Waals surface area contributed by atoms with Crippen LogP contribution >= 0.6 is 0 Å².